The van der Waals surface area contributed by atoms with Gasteiger partial charge in [-0.15, -0.1) is 0 Å². The van der Waals surface area contributed by atoms with Crippen molar-refractivity contribution in [2.24, 2.45) is 0 Å². The number of nitrogens with zero attached hydrogens (tertiary/aromatic N) is 4. The van der Waals surface area contributed by atoms with Gasteiger partial charge in [-0.2, -0.15) is 5.10 Å². The lowest BCUT2D eigenvalue weighted by molar-refractivity contribution is 0.0985. The minimum atomic E-state index is -0.156. The second-order valence-corrected chi connectivity index (χ2v) is 9.59. The molecular weight excluding hydrogens is 484 g/mol. The summed E-state index contributed by atoms with van der Waals surface area (Å²) < 4.78 is 14.7. The van der Waals surface area contributed by atoms with Crippen LogP contribution >= 0.6 is 11.3 Å². The van der Waals surface area contributed by atoms with Crippen molar-refractivity contribution >= 4 is 32.6 Å². The number of aromatic nitrogens is 3. The van der Waals surface area contributed by atoms with Crippen LogP contribution in [0.4, 0.5) is 5.13 Å². The Morgan fingerprint density at radius 2 is 1.76 bits per heavy atom. The lowest BCUT2D eigenvalue weighted by atomic mass is 10.2. The molecule has 2 aromatic heterocycles. The summed E-state index contributed by atoms with van der Waals surface area (Å²) in [4.78, 5) is 20.5. The number of benzene rings is 3. The Morgan fingerprint density at radius 3 is 2.51 bits per heavy atom. The standard InChI is InChI=1S/C29H28N4O3S/c1-4-35-25-14-9-15-26-27(25)30-29(37-26)32(16-17-33-21(3)18-20(2)31-33)28(34)22-10-8-13-24(19-22)36-23-11-6-5-7-12-23/h5-15,18-19H,4,16-17H2,1-3H3. The Bertz CT molecular complexity index is 1530. The topological polar surface area (TPSA) is 69.5 Å². The summed E-state index contributed by atoms with van der Waals surface area (Å²) in [5.74, 6) is 1.87. The average Bonchev–Trinajstić information content (AvgIpc) is 3.47. The van der Waals surface area contributed by atoms with Gasteiger partial charge in [0.15, 0.2) is 5.13 Å². The van der Waals surface area contributed by atoms with Gasteiger partial charge in [-0.25, -0.2) is 4.98 Å². The lowest BCUT2D eigenvalue weighted by Gasteiger charge is -2.21. The molecular formula is C29H28N4O3S. The predicted octanol–water partition coefficient (Wildman–Crippen LogP) is 6.65. The SMILES string of the molecule is CCOc1cccc2sc(N(CCn3nc(C)cc3C)C(=O)c3cccc(Oc4ccccc4)c3)nc12. The predicted molar refractivity (Wildman–Crippen MR) is 147 cm³/mol. The number of hydrogen-bond donors (Lipinski definition) is 0. The number of ether oxygens (including phenoxy) is 2. The molecule has 0 aliphatic heterocycles. The zero-order valence-corrected chi connectivity index (χ0v) is 21.9. The third kappa shape index (κ3) is 5.49. The average molecular weight is 513 g/mol. The minimum absolute atomic E-state index is 0.156. The van der Waals surface area contributed by atoms with Crippen LogP contribution in [0.1, 0.15) is 28.7 Å². The van der Waals surface area contributed by atoms with Gasteiger partial charge in [0.1, 0.15) is 22.8 Å². The molecule has 5 rings (SSSR count). The van der Waals surface area contributed by atoms with Crippen LogP contribution in [-0.2, 0) is 6.54 Å². The van der Waals surface area contributed by atoms with Crippen molar-refractivity contribution in [2.45, 2.75) is 27.3 Å². The van der Waals surface area contributed by atoms with E-state index in [4.69, 9.17) is 14.5 Å². The summed E-state index contributed by atoms with van der Waals surface area (Å²) in [6, 6.07) is 24.6. The molecule has 5 aromatic rings. The van der Waals surface area contributed by atoms with Gasteiger partial charge < -0.3 is 9.47 Å². The number of amides is 1. The maximum Gasteiger partial charge on any atom is 0.260 e. The molecule has 0 unspecified atom stereocenters. The number of thiazole rings is 1. The highest BCUT2D eigenvalue weighted by Crippen LogP contribution is 2.35. The van der Waals surface area contributed by atoms with Crippen LogP contribution in [0.5, 0.6) is 17.2 Å². The summed E-state index contributed by atoms with van der Waals surface area (Å²) in [5.41, 5.74) is 3.27. The van der Waals surface area contributed by atoms with Crippen LogP contribution in [0, 0.1) is 13.8 Å². The smallest absolute Gasteiger partial charge is 0.260 e. The first kappa shape index (κ1) is 24.5. The second-order valence-electron chi connectivity index (χ2n) is 8.58. The molecule has 0 aliphatic rings. The van der Waals surface area contributed by atoms with Crippen LogP contribution in [0.2, 0.25) is 0 Å². The van der Waals surface area contributed by atoms with Crippen LogP contribution in [-0.4, -0.2) is 33.8 Å². The van der Waals surface area contributed by atoms with Gasteiger partial charge in [-0.3, -0.25) is 14.4 Å². The van der Waals surface area contributed by atoms with Crippen molar-refractivity contribution in [1.29, 1.82) is 0 Å². The molecule has 37 heavy (non-hydrogen) atoms. The third-order valence-electron chi connectivity index (χ3n) is 5.85. The molecule has 1 amide bonds. The van der Waals surface area contributed by atoms with Gasteiger partial charge in [0.05, 0.1) is 23.5 Å². The molecule has 0 saturated heterocycles. The van der Waals surface area contributed by atoms with E-state index in [1.54, 1.807) is 17.0 Å². The van der Waals surface area contributed by atoms with Crippen molar-refractivity contribution in [1.82, 2.24) is 14.8 Å². The quantitative estimate of drug-likeness (QED) is 0.221. The molecule has 0 radical (unpaired) electrons. The van der Waals surface area contributed by atoms with Crippen molar-refractivity contribution < 1.29 is 14.3 Å². The zero-order chi connectivity index (χ0) is 25.8. The van der Waals surface area contributed by atoms with Gasteiger partial charge in [-0.05, 0) is 69.3 Å². The molecule has 3 aromatic carbocycles. The molecule has 0 atom stereocenters. The molecule has 0 saturated carbocycles. The van der Waals surface area contributed by atoms with Crippen molar-refractivity contribution in [3.8, 4) is 17.2 Å². The third-order valence-corrected chi connectivity index (χ3v) is 6.89. The van der Waals surface area contributed by atoms with E-state index in [-0.39, 0.29) is 5.91 Å². The van der Waals surface area contributed by atoms with Gasteiger partial charge in [-0.1, -0.05) is 41.7 Å². The van der Waals surface area contributed by atoms with Crippen LogP contribution in [0.3, 0.4) is 0 Å². The highest BCUT2D eigenvalue weighted by molar-refractivity contribution is 7.22. The number of hydrogen-bond acceptors (Lipinski definition) is 6. The highest BCUT2D eigenvalue weighted by atomic mass is 32.1. The van der Waals surface area contributed by atoms with Crippen molar-refractivity contribution in [2.75, 3.05) is 18.1 Å². The van der Waals surface area contributed by atoms with E-state index < -0.39 is 0 Å². The Hall–Kier alpha value is -4.17. The number of fused-ring (bicyclic) bond motifs is 1. The molecule has 0 fully saturated rings. The fourth-order valence-electron chi connectivity index (χ4n) is 4.15. The Balaban J connectivity index is 1.49. The largest absolute Gasteiger partial charge is 0.492 e. The Morgan fingerprint density at radius 1 is 0.973 bits per heavy atom. The molecule has 0 bridgehead atoms. The number of carbonyl (C=O) groups is 1. The normalized spacial score (nSPS) is 11.0. The van der Waals surface area contributed by atoms with Gasteiger partial charge in [0.25, 0.3) is 5.91 Å². The Kier molecular flexibility index (Phi) is 7.18. The molecule has 188 valence electrons. The van der Waals surface area contributed by atoms with E-state index >= 15 is 0 Å². The maximum absolute atomic E-state index is 13.9. The fraction of sp³-hybridized carbons (Fsp3) is 0.207. The molecule has 0 N–H and O–H groups in total. The lowest BCUT2D eigenvalue weighted by Crippen LogP contribution is -2.34. The van der Waals surface area contributed by atoms with Gasteiger partial charge in [0, 0.05) is 17.8 Å². The molecule has 7 nitrogen and oxygen atoms in total. The van der Waals surface area contributed by atoms with Gasteiger partial charge in [0.2, 0.25) is 0 Å². The van der Waals surface area contributed by atoms with E-state index in [2.05, 4.69) is 5.10 Å². The number of aryl methyl sites for hydroxylation is 2. The monoisotopic (exact) mass is 512 g/mol. The van der Waals surface area contributed by atoms with Crippen LogP contribution in [0.15, 0.2) is 78.9 Å². The molecule has 0 spiro atoms. The second kappa shape index (κ2) is 10.8. The van der Waals surface area contributed by atoms with E-state index in [0.717, 1.165) is 21.6 Å². The van der Waals surface area contributed by atoms with Crippen LogP contribution < -0.4 is 14.4 Å². The summed E-state index contributed by atoms with van der Waals surface area (Å²) in [6.45, 7) is 7.42. The molecule has 2 heterocycles. The van der Waals surface area contributed by atoms with E-state index in [9.17, 15) is 4.79 Å². The van der Waals surface area contributed by atoms with E-state index in [1.165, 1.54) is 11.3 Å². The van der Waals surface area contributed by atoms with Gasteiger partial charge >= 0.3 is 0 Å². The first-order valence-corrected chi connectivity index (χ1v) is 13.0. The van der Waals surface area contributed by atoms with E-state index in [1.807, 2.05) is 92.2 Å². The highest BCUT2D eigenvalue weighted by Gasteiger charge is 2.23. The van der Waals surface area contributed by atoms with Crippen molar-refractivity contribution in [3.05, 3.63) is 95.8 Å². The summed E-state index contributed by atoms with van der Waals surface area (Å²) >= 11 is 1.47. The van der Waals surface area contributed by atoms with Crippen molar-refractivity contribution in [3.63, 3.8) is 0 Å². The first-order valence-electron chi connectivity index (χ1n) is 12.2. The maximum atomic E-state index is 13.9. The summed E-state index contributed by atoms with van der Waals surface area (Å²) in [5, 5.41) is 5.19. The number of anilines is 1. The number of para-hydroxylation sites is 2. The fourth-order valence-corrected chi connectivity index (χ4v) is 5.16. The molecule has 0 aliphatic carbocycles. The van der Waals surface area contributed by atoms with Crippen LogP contribution in [0.25, 0.3) is 10.2 Å². The summed E-state index contributed by atoms with van der Waals surface area (Å²) in [7, 11) is 0. The molecule has 8 heteroatoms. The minimum Gasteiger partial charge on any atom is -0.492 e. The van der Waals surface area contributed by atoms with E-state index in [0.29, 0.717) is 47.6 Å². The zero-order valence-electron chi connectivity index (χ0n) is 21.0. The number of rotatable bonds is 9. The number of carbonyl (C=O) groups excluding carboxylic acids is 1. The summed E-state index contributed by atoms with van der Waals surface area (Å²) in [6.07, 6.45) is 0. The first-order chi connectivity index (χ1) is 18.0. The Labute approximate surface area is 219 Å².